The number of halogens is 1. The number of hydrogen-bond acceptors (Lipinski definition) is 5. The Morgan fingerprint density at radius 1 is 1.00 bits per heavy atom. The lowest BCUT2D eigenvalue weighted by Crippen LogP contribution is -2.42. The molecule has 0 saturated carbocycles. The fourth-order valence-electron chi connectivity index (χ4n) is 3.56. The molecule has 0 aliphatic carbocycles. The number of benzene rings is 2. The number of rotatable bonds is 8. The smallest absolute Gasteiger partial charge is 0.240 e. The quantitative estimate of drug-likeness (QED) is 0.640. The van der Waals surface area contributed by atoms with Crippen LogP contribution in [0.4, 0.5) is 0 Å². The van der Waals surface area contributed by atoms with Crippen LogP contribution in [0.15, 0.2) is 58.3 Å². The molecule has 1 fully saturated rings. The Balaban J connectivity index is 1.52. The molecule has 0 radical (unpaired) electrons. The number of sulfonamides is 1. The summed E-state index contributed by atoms with van der Waals surface area (Å²) in [6, 6.07) is 13.0. The lowest BCUT2D eigenvalue weighted by atomic mass is 9.98. The Bertz CT molecular complexity index is 968. The van der Waals surface area contributed by atoms with Crippen LogP contribution in [-0.2, 0) is 19.9 Å². The molecule has 164 valence electrons. The molecular formula is C21H27ClN2O4S2. The van der Waals surface area contributed by atoms with Crippen LogP contribution in [-0.4, -0.2) is 53.7 Å². The molecule has 1 N–H and O–H groups in total. The molecule has 0 bridgehead atoms. The molecule has 1 heterocycles. The first kappa shape index (κ1) is 23.2. The van der Waals surface area contributed by atoms with Crippen molar-refractivity contribution in [2.75, 3.05) is 31.9 Å². The molecule has 9 heteroatoms. The Kier molecular flexibility index (Phi) is 7.57. The van der Waals surface area contributed by atoms with E-state index in [1.807, 2.05) is 6.92 Å². The highest BCUT2D eigenvalue weighted by molar-refractivity contribution is 7.91. The van der Waals surface area contributed by atoms with Crippen LogP contribution >= 0.6 is 11.6 Å². The zero-order valence-electron chi connectivity index (χ0n) is 16.9. The molecule has 2 aromatic carbocycles. The summed E-state index contributed by atoms with van der Waals surface area (Å²) < 4.78 is 52.8. The van der Waals surface area contributed by atoms with Crippen LogP contribution in [0.3, 0.4) is 0 Å². The van der Waals surface area contributed by atoms with E-state index in [0.717, 1.165) is 24.9 Å². The molecule has 0 aromatic heterocycles. The van der Waals surface area contributed by atoms with Gasteiger partial charge in [-0.25, -0.2) is 21.6 Å². The van der Waals surface area contributed by atoms with Gasteiger partial charge in [0.1, 0.15) is 0 Å². The number of piperidine rings is 1. The van der Waals surface area contributed by atoms with Gasteiger partial charge in [0.05, 0.1) is 15.5 Å². The lowest BCUT2D eigenvalue weighted by Gasteiger charge is -2.32. The minimum Gasteiger partial charge on any atom is -0.302 e. The molecular weight excluding hydrogens is 444 g/mol. The van der Waals surface area contributed by atoms with E-state index < -0.39 is 19.9 Å². The van der Waals surface area contributed by atoms with E-state index in [4.69, 9.17) is 11.6 Å². The second-order valence-electron chi connectivity index (χ2n) is 7.75. The van der Waals surface area contributed by atoms with Crippen LogP contribution in [0.1, 0.15) is 18.4 Å². The Morgan fingerprint density at radius 2 is 1.63 bits per heavy atom. The number of nitrogens with one attached hydrogen (secondary N) is 1. The topological polar surface area (TPSA) is 83.6 Å². The predicted octanol–water partition coefficient (Wildman–Crippen LogP) is 3.11. The highest BCUT2D eigenvalue weighted by atomic mass is 35.5. The Morgan fingerprint density at radius 3 is 2.30 bits per heavy atom. The van der Waals surface area contributed by atoms with Gasteiger partial charge < -0.3 is 4.90 Å². The first-order chi connectivity index (χ1) is 14.2. The third-order valence-electron chi connectivity index (χ3n) is 5.35. The molecule has 2 aromatic rings. The summed E-state index contributed by atoms with van der Waals surface area (Å²) in [5, 5.41) is 0.501. The van der Waals surface area contributed by atoms with Gasteiger partial charge >= 0.3 is 0 Å². The average Bonchev–Trinajstić information content (AvgIpc) is 2.72. The van der Waals surface area contributed by atoms with E-state index in [1.54, 1.807) is 36.4 Å². The van der Waals surface area contributed by atoms with Crippen LogP contribution in [0.5, 0.6) is 0 Å². The van der Waals surface area contributed by atoms with E-state index in [0.29, 0.717) is 24.7 Å². The highest BCUT2D eigenvalue weighted by Gasteiger charge is 2.24. The van der Waals surface area contributed by atoms with E-state index >= 15 is 0 Å². The first-order valence-electron chi connectivity index (χ1n) is 9.93. The fraction of sp³-hybridized carbons (Fsp3) is 0.429. The number of likely N-dealkylation sites (tertiary alicyclic amines) is 1. The molecule has 1 unspecified atom stereocenters. The van der Waals surface area contributed by atoms with E-state index in [9.17, 15) is 16.8 Å². The summed E-state index contributed by atoms with van der Waals surface area (Å²) in [5.74, 6) is 0.174. The van der Waals surface area contributed by atoms with Crippen molar-refractivity contribution in [3.63, 3.8) is 0 Å². The summed E-state index contributed by atoms with van der Waals surface area (Å²) in [5.41, 5.74) is 1.01. The van der Waals surface area contributed by atoms with Crippen molar-refractivity contribution in [1.29, 1.82) is 0 Å². The zero-order valence-corrected chi connectivity index (χ0v) is 19.3. The van der Waals surface area contributed by atoms with Crippen molar-refractivity contribution in [3.05, 3.63) is 59.1 Å². The maximum absolute atomic E-state index is 12.5. The maximum Gasteiger partial charge on any atom is 0.240 e. The summed E-state index contributed by atoms with van der Waals surface area (Å²) in [6.45, 7) is 4.17. The number of sulfone groups is 1. The number of nitrogens with zero attached hydrogens (tertiary/aromatic N) is 1. The van der Waals surface area contributed by atoms with Gasteiger partial charge in [0.2, 0.25) is 10.0 Å². The fourth-order valence-corrected chi connectivity index (χ4v) is 6.09. The second-order valence-corrected chi connectivity index (χ2v) is 12.1. The van der Waals surface area contributed by atoms with Gasteiger partial charge in [-0.1, -0.05) is 29.3 Å². The second kappa shape index (κ2) is 9.78. The molecule has 6 nitrogen and oxygen atoms in total. The van der Waals surface area contributed by atoms with Gasteiger partial charge in [-0.3, -0.25) is 0 Å². The van der Waals surface area contributed by atoms with Crippen LogP contribution < -0.4 is 4.72 Å². The largest absolute Gasteiger partial charge is 0.302 e. The van der Waals surface area contributed by atoms with Gasteiger partial charge in [-0.05, 0) is 68.6 Å². The average molecular weight is 471 g/mol. The molecule has 0 amide bonds. The molecule has 30 heavy (non-hydrogen) atoms. The molecule has 0 spiro atoms. The minimum absolute atomic E-state index is 0.0243. The van der Waals surface area contributed by atoms with Gasteiger partial charge in [-0.2, -0.15) is 0 Å². The summed E-state index contributed by atoms with van der Waals surface area (Å²) in [7, 11) is -6.93. The number of hydrogen-bond donors (Lipinski definition) is 1. The number of aryl methyl sites for hydroxylation is 1. The van der Waals surface area contributed by atoms with E-state index in [1.165, 1.54) is 12.1 Å². The summed E-state index contributed by atoms with van der Waals surface area (Å²) >= 11 is 5.83. The maximum atomic E-state index is 12.5. The molecule has 1 aliphatic heterocycles. The van der Waals surface area contributed by atoms with Gasteiger partial charge in [0, 0.05) is 24.7 Å². The minimum atomic E-state index is -3.54. The van der Waals surface area contributed by atoms with Crippen LogP contribution in [0.25, 0.3) is 0 Å². The molecule has 1 saturated heterocycles. The molecule has 3 rings (SSSR count). The SMILES string of the molecule is Cc1ccc(S(=O)(=O)NCC2CCCN(CCS(=O)(=O)c3ccc(Cl)cc3)C2)cc1. The molecule has 1 aliphatic rings. The zero-order chi connectivity index (χ0) is 21.8. The van der Waals surface area contributed by atoms with Crippen molar-refractivity contribution < 1.29 is 16.8 Å². The van der Waals surface area contributed by atoms with Crippen LogP contribution in [0.2, 0.25) is 5.02 Å². The Hall–Kier alpha value is -1.45. The normalized spacial score (nSPS) is 18.4. The van der Waals surface area contributed by atoms with Gasteiger partial charge in [0.25, 0.3) is 0 Å². The van der Waals surface area contributed by atoms with Gasteiger partial charge in [0.15, 0.2) is 9.84 Å². The van der Waals surface area contributed by atoms with E-state index in [2.05, 4.69) is 9.62 Å². The standard InChI is InChI=1S/C21H27ClN2O4S2/c1-17-4-8-21(9-5-17)30(27,28)23-15-18-3-2-12-24(16-18)13-14-29(25,26)20-10-6-19(22)7-11-20/h4-11,18,23H,2-3,12-16H2,1H3. The van der Waals surface area contributed by atoms with Crippen molar-refractivity contribution >= 4 is 31.5 Å². The lowest BCUT2D eigenvalue weighted by molar-refractivity contribution is 0.185. The van der Waals surface area contributed by atoms with E-state index in [-0.39, 0.29) is 21.5 Å². The molecule has 1 atom stereocenters. The summed E-state index contributed by atoms with van der Waals surface area (Å²) in [6.07, 6.45) is 1.83. The Labute approximate surface area is 184 Å². The summed E-state index contributed by atoms with van der Waals surface area (Å²) in [4.78, 5) is 2.63. The van der Waals surface area contributed by atoms with Crippen molar-refractivity contribution in [3.8, 4) is 0 Å². The third kappa shape index (κ3) is 6.28. The predicted molar refractivity (Wildman–Crippen MR) is 119 cm³/mol. The van der Waals surface area contributed by atoms with Crippen molar-refractivity contribution in [2.24, 2.45) is 5.92 Å². The van der Waals surface area contributed by atoms with Crippen LogP contribution in [0, 0.1) is 12.8 Å². The van der Waals surface area contributed by atoms with Gasteiger partial charge in [-0.15, -0.1) is 0 Å². The highest BCUT2D eigenvalue weighted by Crippen LogP contribution is 2.19. The third-order valence-corrected chi connectivity index (χ3v) is 8.75. The van der Waals surface area contributed by atoms with Crippen molar-refractivity contribution in [1.82, 2.24) is 9.62 Å². The first-order valence-corrected chi connectivity index (χ1v) is 13.4. The van der Waals surface area contributed by atoms with Crippen molar-refractivity contribution in [2.45, 2.75) is 29.6 Å². The monoisotopic (exact) mass is 470 g/mol.